The quantitative estimate of drug-likeness (QED) is 0.699. The lowest BCUT2D eigenvalue weighted by Crippen LogP contribution is -2.44. The lowest BCUT2D eigenvalue weighted by atomic mass is 9.80. The minimum atomic E-state index is -1.13. The van der Waals surface area contributed by atoms with Gasteiger partial charge in [0.1, 0.15) is 0 Å². The standard InChI is InChI=1S/C25H18N4O4/c1-13-19(11-26)21(15-6-5-7-16(10-15)25(32)33)20(12-27)22(28-13)14(2)29-23(30)17-8-3-4-9-18(17)24(29)31/h3-10,14,21,28H,1-2H3,(H,32,33). The van der Waals surface area contributed by atoms with Gasteiger partial charge in [0.05, 0.1) is 57.6 Å². The van der Waals surface area contributed by atoms with E-state index in [0.717, 1.165) is 4.90 Å². The zero-order chi connectivity index (χ0) is 23.9. The number of carbonyl (C=O) groups is 3. The number of nitrogens with zero attached hydrogens (tertiary/aromatic N) is 3. The molecule has 2 aromatic rings. The highest BCUT2D eigenvalue weighted by molar-refractivity contribution is 6.21. The molecule has 2 aromatic carbocycles. The number of nitrogens with one attached hydrogen (secondary N) is 1. The first-order chi connectivity index (χ1) is 15.8. The predicted molar refractivity (Wildman–Crippen MR) is 117 cm³/mol. The van der Waals surface area contributed by atoms with E-state index in [4.69, 9.17) is 0 Å². The topological polar surface area (TPSA) is 134 Å². The molecule has 8 heteroatoms. The normalized spacial score (nSPS) is 18.4. The molecule has 4 rings (SSSR count). The van der Waals surface area contributed by atoms with Crippen molar-refractivity contribution < 1.29 is 19.5 Å². The van der Waals surface area contributed by atoms with Crippen LogP contribution in [-0.4, -0.2) is 33.8 Å². The Labute approximate surface area is 189 Å². The van der Waals surface area contributed by atoms with Crippen LogP contribution in [0.15, 0.2) is 71.1 Å². The molecule has 0 fully saturated rings. The average Bonchev–Trinajstić information content (AvgIpc) is 3.08. The number of dihydropyridines is 1. The van der Waals surface area contributed by atoms with Gasteiger partial charge in [-0.2, -0.15) is 10.5 Å². The summed E-state index contributed by atoms with van der Waals surface area (Å²) in [5.74, 6) is -2.90. The third-order valence-electron chi connectivity index (χ3n) is 5.93. The van der Waals surface area contributed by atoms with Crippen LogP contribution >= 0.6 is 0 Å². The molecule has 2 aliphatic heterocycles. The van der Waals surface area contributed by atoms with Crippen LogP contribution in [0.3, 0.4) is 0 Å². The number of carboxylic acids is 1. The Morgan fingerprint density at radius 1 is 1.03 bits per heavy atom. The molecule has 0 bridgehead atoms. The first kappa shape index (κ1) is 21.5. The van der Waals surface area contributed by atoms with Crippen LogP contribution in [-0.2, 0) is 0 Å². The third kappa shape index (κ3) is 3.35. The van der Waals surface area contributed by atoms with Crippen LogP contribution in [0, 0.1) is 22.7 Å². The van der Waals surface area contributed by atoms with Crippen molar-refractivity contribution in [1.29, 1.82) is 10.5 Å². The van der Waals surface area contributed by atoms with Gasteiger partial charge in [-0.05, 0) is 43.7 Å². The van der Waals surface area contributed by atoms with E-state index in [2.05, 4.69) is 17.5 Å². The second kappa shape index (κ2) is 8.10. The molecule has 2 amide bonds. The van der Waals surface area contributed by atoms with E-state index < -0.39 is 29.7 Å². The van der Waals surface area contributed by atoms with Gasteiger partial charge in [0, 0.05) is 5.70 Å². The molecule has 0 spiro atoms. The summed E-state index contributed by atoms with van der Waals surface area (Å²) in [4.78, 5) is 38.6. The minimum absolute atomic E-state index is 0.0215. The maximum Gasteiger partial charge on any atom is 0.335 e. The van der Waals surface area contributed by atoms with Crippen molar-refractivity contribution in [2.24, 2.45) is 0 Å². The van der Waals surface area contributed by atoms with Crippen molar-refractivity contribution in [2.75, 3.05) is 0 Å². The molecule has 0 radical (unpaired) electrons. The Bertz CT molecular complexity index is 1340. The largest absolute Gasteiger partial charge is 0.478 e. The molecule has 0 saturated carbocycles. The van der Waals surface area contributed by atoms with Gasteiger partial charge in [0.25, 0.3) is 11.8 Å². The Balaban J connectivity index is 1.85. The number of hydrogen-bond donors (Lipinski definition) is 2. The van der Waals surface area contributed by atoms with Crippen LogP contribution in [0.25, 0.3) is 0 Å². The Kier molecular flexibility index (Phi) is 5.29. The number of amides is 2. The number of fused-ring (bicyclic) bond motifs is 1. The van der Waals surface area contributed by atoms with E-state index >= 15 is 0 Å². The Morgan fingerprint density at radius 2 is 1.64 bits per heavy atom. The molecule has 0 saturated heterocycles. The predicted octanol–water partition coefficient (Wildman–Crippen LogP) is 3.33. The monoisotopic (exact) mass is 438 g/mol. The molecule has 0 aliphatic carbocycles. The molecule has 0 aromatic heterocycles. The zero-order valence-corrected chi connectivity index (χ0v) is 17.8. The van der Waals surface area contributed by atoms with Gasteiger partial charge in [-0.3, -0.25) is 14.5 Å². The van der Waals surface area contributed by atoms with Crippen LogP contribution in [0.5, 0.6) is 0 Å². The number of benzene rings is 2. The van der Waals surface area contributed by atoms with Crippen molar-refractivity contribution in [1.82, 2.24) is 10.2 Å². The van der Waals surface area contributed by atoms with Crippen molar-refractivity contribution >= 4 is 17.8 Å². The minimum Gasteiger partial charge on any atom is -0.478 e. The van der Waals surface area contributed by atoms with Crippen molar-refractivity contribution in [3.63, 3.8) is 0 Å². The van der Waals surface area contributed by atoms with Gasteiger partial charge in [0.2, 0.25) is 0 Å². The fraction of sp³-hybridized carbons (Fsp3) is 0.160. The number of nitriles is 2. The van der Waals surface area contributed by atoms with Gasteiger partial charge >= 0.3 is 5.97 Å². The number of imide groups is 1. The highest BCUT2D eigenvalue weighted by atomic mass is 16.4. The maximum atomic E-state index is 13.0. The lowest BCUT2D eigenvalue weighted by Gasteiger charge is -2.33. The van der Waals surface area contributed by atoms with E-state index in [1.54, 1.807) is 50.2 Å². The number of aromatic carboxylic acids is 1. The highest BCUT2D eigenvalue weighted by Gasteiger charge is 2.42. The number of hydrogen-bond acceptors (Lipinski definition) is 6. The summed E-state index contributed by atoms with van der Waals surface area (Å²) in [7, 11) is 0. The van der Waals surface area contributed by atoms with Crippen LogP contribution < -0.4 is 5.32 Å². The molecule has 2 N–H and O–H groups in total. The number of carboxylic acid groups (broad SMARTS) is 1. The van der Waals surface area contributed by atoms with Gasteiger partial charge < -0.3 is 10.4 Å². The summed E-state index contributed by atoms with van der Waals surface area (Å²) >= 11 is 0. The van der Waals surface area contributed by atoms with E-state index in [0.29, 0.717) is 28.1 Å². The number of carbonyl (C=O) groups excluding carboxylic acids is 2. The van der Waals surface area contributed by atoms with Crippen molar-refractivity contribution in [3.8, 4) is 12.1 Å². The first-order valence-electron chi connectivity index (χ1n) is 10.1. The molecule has 2 unspecified atom stereocenters. The SMILES string of the molecule is CC1=C(C#N)C(c2cccc(C(=O)O)c2)C(C#N)=C(C(C)N2C(=O)c3ccccc3C2=O)N1. The first-order valence-corrected chi connectivity index (χ1v) is 10.1. The number of allylic oxidation sites excluding steroid dienone is 3. The van der Waals surface area contributed by atoms with E-state index in [9.17, 15) is 30.0 Å². The summed E-state index contributed by atoms with van der Waals surface area (Å²) in [6, 6.07) is 16.0. The van der Waals surface area contributed by atoms with Crippen molar-refractivity contribution in [2.45, 2.75) is 25.8 Å². The van der Waals surface area contributed by atoms with E-state index in [1.165, 1.54) is 12.1 Å². The molecule has 2 atom stereocenters. The lowest BCUT2D eigenvalue weighted by molar-refractivity contribution is 0.0612. The molecule has 2 aliphatic rings. The molecule has 2 heterocycles. The van der Waals surface area contributed by atoms with Crippen molar-refractivity contribution in [3.05, 3.63) is 93.3 Å². The van der Waals surface area contributed by atoms with E-state index in [-0.39, 0.29) is 16.7 Å². The summed E-state index contributed by atoms with van der Waals surface area (Å²) in [5.41, 5.74) is 2.23. The smallest absolute Gasteiger partial charge is 0.335 e. The van der Waals surface area contributed by atoms with Gasteiger partial charge in [0.15, 0.2) is 0 Å². The summed E-state index contributed by atoms with van der Waals surface area (Å²) in [6.07, 6.45) is 0. The third-order valence-corrected chi connectivity index (χ3v) is 5.93. The molecule has 33 heavy (non-hydrogen) atoms. The van der Waals surface area contributed by atoms with Gasteiger partial charge in [-0.15, -0.1) is 0 Å². The summed E-state index contributed by atoms with van der Waals surface area (Å²) in [6.45, 7) is 3.30. The maximum absolute atomic E-state index is 13.0. The van der Waals surface area contributed by atoms with E-state index in [1.807, 2.05) is 0 Å². The Morgan fingerprint density at radius 3 is 2.18 bits per heavy atom. The summed E-state index contributed by atoms with van der Waals surface area (Å²) in [5, 5.41) is 32.3. The van der Waals surface area contributed by atoms with Crippen LogP contribution in [0.1, 0.15) is 56.4 Å². The summed E-state index contributed by atoms with van der Waals surface area (Å²) < 4.78 is 0. The second-order valence-corrected chi connectivity index (χ2v) is 7.78. The fourth-order valence-electron chi connectivity index (χ4n) is 4.33. The molecular weight excluding hydrogens is 420 g/mol. The van der Waals surface area contributed by atoms with Crippen LogP contribution in [0.2, 0.25) is 0 Å². The average molecular weight is 438 g/mol. The number of rotatable bonds is 4. The van der Waals surface area contributed by atoms with Gasteiger partial charge in [-0.1, -0.05) is 24.3 Å². The Hall–Kier alpha value is -4.69. The van der Waals surface area contributed by atoms with Gasteiger partial charge in [-0.25, -0.2) is 4.79 Å². The molecule has 8 nitrogen and oxygen atoms in total. The zero-order valence-electron chi connectivity index (χ0n) is 17.8. The second-order valence-electron chi connectivity index (χ2n) is 7.78. The molecular formula is C25H18N4O4. The fourth-order valence-corrected chi connectivity index (χ4v) is 4.33. The molecule has 162 valence electrons. The van der Waals surface area contributed by atoms with Crippen LogP contribution in [0.4, 0.5) is 0 Å². The highest BCUT2D eigenvalue weighted by Crippen LogP contribution is 2.40.